The van der Waals surface area contributed by atoms with Crippen molar-refractivity contribution in [2.75, 3.05) is 6.61 Å². The first kappa shape index (κ1) is 13.8. The van der Waals surface area contributed by atoms with Crippen molar-refractivity contribution in [1.82, 2.24) is 10.3 Å². The number of amides is 1. The number of carbonyl (C=O) groups is 1. The van der Waals surface area contributed by atoms with Gasteiger partial charge < -0.3 is 14.8 Å². The molecule has 2 aromatic heterocycles. The van der Waals surface area contributed by atoms with E-state index in [1.54, 1.807) is 25.2 Å². The number of nitrogens with one attached hydrogen (secondary N) is 1. The van der Waals surface area contributed by atoms with E-state index in [0.717, 1.165) is 4.88 Å². The van der Waals surface area contributed by atoms with Gasteiger partial charge in [-0.15, -0.1) is 11.3 Å². The summed E-state index contributed by atoms with van der Waals surface area (Å²) < 4.78 is 5.29. The third kappa shape index (κ3) is 3.21. The maximum Gasteiger partial charge on any atom is 0.289 e. The molecule has 1 atom stereocenters. The van der Waals surface area contributed by atoms with E-state index >= 15 is 0 Å². The average molecular weight is 280 g/mol. The van der Waals surface area contributed by atoms with Crippen molar-refractivity contribution >= 4 is 17.2 Å². The van der Waals surface area contributed by atoms with Gasteiger partial charge in [0.15, 0.2) is 5.89 Å². The van der Waals surface area contributed by atoms with Gasteiger partial charge in [-0.2, -0.15) is 0 Å². The van der Waals surface area contributed by atoms with Crippen molar-refractivity contribution in [1.29, 1.82) is 0 Å². The number of oxazole rings is 1. The van der Waals surface area contributed by atoms with Crippen molar-refractivity contribution in [3.8, 4) is 0 Å². The Morgan fingerprint density at radius 1 is 1.58 bits per heavy atom. The minimum absolute atomic E-state index is 0.0112. The van der Waals surface area contributed by atoms with E-state index < -0.39 is 0 Å². The Balaban J connectivity index is 2.13. The van der Waals surface area contributed by atoms with Crippen LogP contribution >= 0.6 is 11.3 Å². The summed E-state index contributed by atoms with van der Waals surface area (Å²) in [5.74, 6) is 0.402. The van der Waals surface area contributed by atoms with E-state index in [0.29, 0.717) is 18.0 Å². The molecule has 19 heavy (non-hydrogen) atoms. The molecule has 0 spiro atoms. The van der Waals surface area contributed by atoms with Gasteiger partial charge in [-0.3, -0.25) is 4.79 Å². The molecule has 2 N–H and O–H groups in total. The Kier molecular flexibility index (Phi) is 4.34. The van der Waals surface area contributed by atoms with Crippen LogP contribution in [0.25, 0.3) is 0 Å². The first-order valence-corrected chi connectivity index (χ1v) is 6.89. The molecule has 0 aliphatic heterocycles. The van der Waals surface area contributed by atoms with Crippen LogP contribution in [0.2, 0.25) is 0 Å². The summed E-state index contributed by atoms with van der Waals surface area (Å²) in [5, 5.41) is 13.9. The molecule has 1 amide bonds. The lowest BCUT2D eigenvalue weighted by atomic mass is 10.1. The van der Waals surface area contributed by atoms with Gasteiger partial charge in [0.25, 0.3) is 5.91 Å². The molecule has 0 radical (unpaired) electrons. The molecule has 0 unspecified atom stereocenters. The van der Waals surface area contributed by atoms with Crippen LogP contribution in [0.4, 0.5) is 0 Å². The first-order valence-electron chi connectivity index (χ1n) is 6.01. The molecule has 6 heteroatoms. The molecule has 0 bridgehead atoms. The minimum Gasteiger partial charge on any atom is -0.436 e. The van der Waals surface area contributed by atoms with Gasteiger partial charge in [-0.1, -0.05) is 6.07 Å². The number of aliphatic hydroxyl groups excluding tert-OH is 1. The molecule has 2 rings (SSSR count). The second kappa shape index (κ2) is 5.99. The van der Waals surface area contributed by atoms with Gasteiger partial charge in [-0.25, -0.2) is 4.98 Å². The fourth-order valence-corrected chi connectivity index (χ4v) is 2.68. The number of nitrogens with zero attached hydrogens (tertiary/aromatic N) is 1. The topological polar surface area (TPSA) is 75.4 Å². The highest BCUT2D eigenvalue weighted by molar-refractivity contribution is 7.10. The maximum absolute atomic E-state index is 12.1. The zero-order valence-corrected chi connectivity index (χ0v) is 11.7. The van der Waals surface area contributed by atoms with Gasteiger partial charge in [-0.05, 0) is 24.8 Å². The van der Waals surface area contributed by atoms with Gasteiger partial charge in [0.05, 0.1) is 11.7 Å². The molecule has 0 saturated heterocycles. The summed E-state index contributed by atoms with van der Waals surface area (Å²) in [4.78, 5) is 17.2. The number of rotatable bonds is 5. The average Bonchev–Trinajstić information content (AvgIpc) is 2.98. The third-order valence-corrected chi connectivity index (χ3v) is 3.71. The Morgan fingerprint density at radius 3 is 2.89 bits per heavy atom. The highest BCUT2D eigenvalue weighted by Crippen LogP contribution is 2.22. The summed E-state index contributed by atoms with van der Waals surface area (Å²) in [6.07, 6.45) is 0.471. The molecule has 2 heterocycles. The summed E-state index contributed by atoms with van der Waals surface area (Å²) in [7, 11) is 0. The molecule has 102 valence electrons. The van der Waals surface area contributed by atoms with Crippen LogP contribution in [0.1, 0.15) is 39.5 Å². The van der Waals surface area contributed by atoms with Gasteiger partial charge in [0.2, 0.25) is 5.76 Å². The quantitative estimate of drug-likeness (QED) is 0.880. The molecule has 0 aliphatic rings. The summed E-state index contributed by atoms with van der Waals surface area (Å²) in [5.41, 5.74) is 0.573. The predicted octanol–water partition coefficient (Wildman–Crippen LogP) is 2.21. The number of aryl methyl sites for hydroxylation is 2. The molecular formula is C13H16N2O3S. The lowest BCUT2D eigenvalue weighted by Crippen LogP contribution is -2.28. The zero-order chi connectivity index (χ0) is 13.8. The van der Waals surface area contributed by atoms with Crippen molar-refractivity contribution in [2.45, 2.75) is 26.3 Å². The Morgan fingerprint density at radius 2 is 2.37 bits per heavy atom. The summed E-state index contributed by atoms with van der Waals surface area (Å²) in [6, 6.07) is 3.65. The molecule has 0 saturated carbocycles. The standard InChI is InChI=1S/C13H16N2O3S/c1-8-12(18-9(2)14-8)13(17)15-10(5-6-16)11-4-3-7-19-11/h3-4,7,10,16H,5-6H2,1-2H3,(H,15,17)/t10-/m1/s1. The van der Waals surface area contributed by atoms with E-state index in [1.165, 1.54) is 0 Å². The van der Waals surface area contributed by atoms with Crippen molar-refractivity contribution in [2.24, 2.45) is 0 Å². The molecule has 2 aromatic rings. The first-order chi connectivity index (χ1) is 9.11. The van der Waals surface area contributed by atoms with E-state index in [4.69, 9.17) is 9.52 Å². The van der Waals surface area contributed by atoms with Crippen LogP contribution in [0.3, 0.4) is 0 Å². The maximum atomic E-state index is 12.1. The lowest BCUT2D eigenvalue weighted by molar-refractivity contribution is 0.0900. The molecule has 5 nitrogen and oxygen atoms in total. The van der Waals surface area contributed by atoms with Crippen molar-refractivity contribution in [3.63, 3.8) is 0 Å². The smallest absolute Gasteiger partial charge is 0.289 e. The normalized spacial score (nSPS) is 12.4. The van der Waals surface area contributed by atoms with Crippen LogP contribution in [-0.2, 0) is 0 Å². The van der Waals surface area contributed by atoms with Crippen LogP contribution in [0.5, 0.6) is 0 Å². The fraction of sp³-hybridized carbons (Fsp3) is 0.385. The highest BCUT2D eigenvalue weighted by Gasteiger charge is 2.21. The van der Waals surface area contributed by atoms with E-state index in [1.807, 2.05) is 17.5 Å². The second-order valence-corrected chi connectivity index (χ2v) is 5.18. The van der Waals surface area contributed by atoms with Crippen molar-refractivity contribution < 1.29 is 14.3 Å². The lowest BCUT2D eigenvalue weighted by Gasteiger charge is -2.15. The van der Waals surface area contributed by atoms with Crippen LogP contribution in [0, 0.1) is 13.8 Å². The number of carbonyl (C=O) groups excluding carboxylic acids is 1. The zero-order valence-electron chi connectivity index (χ0n) is 10.8. The van der Waals surface area contributed by atoms with Crippen LogP contribution in [-0.4, -0.2) is 22.6 Å². The summed E-state index contributed by atoms with van der Waals surface area (Å²) >= 11 is 1.55. The van der Waals surface area contributed by atoms with Gasteiger partial charge in [0.1, 0.15) is 0 Å². The largest absolute Gasteiger partial charge is 0.436 e. The number of thiophene rings is 1. The number of hydrogen-bond acceptors (Lipinski definition) is 5. The molecule has 0 fully saturated rings. The fourth-order valence-electron chi connectivity index (χ4n) is 1.87. The van der Waals surface area contributed by atoms with E-state index in [9.17, 15) is 4.79 Å². The predicted molar refractivity (Wildman–Crippen MR) is 72.2 cm³/mol. The van der Waals surface area contributed by atoms with Crippen LogP contribution < -0.4 is 5.32 Å². The minimum atomic E-state index is -0.301. The van der Waals surface area contributed by atoms with E-state index in [-0.39, 0.29) is 24.3 Å². The number of aromatic nitrogens is 1. The SMILES string of the molecule is Cc1nc(C)c(C(=O)N[C@H](CCO)c2cccs2)o1. The monoisotopic (exact) mass is 280 g/mol. The van der Waals surface area contributed by atoms with Crippen LogP contribution in [0.15, 0.2) is 21.9 Å². The number of hydrogen-bond donors (Lipinski definition) is 2. The molecule has 0 aromatic carbocycles. The van der Waals surface area contributed by atoms with Gasteiger partial charge >= 0.3 is 0 Å². The van der Waals surface area contributed by atoms with Gasteiger partial charge in [0, 0.05) is 18.4 Å². The van der Waals surface area contributed by atoms with E-state index in [2.05, 4.69) is 10.3 Å². The summed E-state index contributed by atoms with van der Waals surface area (Å²) in [6.45, 7) is 3.45. The Bertz CT molecular complexity index is 548. The highest BCUT2D eigenvalue weighted by atomic mass is 32.1. The second-order valence-electron chi connectivity index (χ2n) is 4.20. The Labute approximate surface area is 115 Å². The third-order valence-electron chi connectivity index (χ3n) is 2.72. The molecule has 0 aliphatic carbocycles. The number of aliphatic hydroxyl groups is 1. The van der Waals surface area contributed by atoms with Crippen molar-refractivity contribution in [3.05, 3.63) is 39.7 Å². The Hall–Kier alpha value is -1.66. The molecular weight excluding hydrogens is 264 g/mol.